The zero-order valence-electron chi connectivity index (χ0n) is 13.9. The number of esters is 2. The zero-order chi connectivity index (χ0) is 17.6. The van der Waals surface area contributed by atoms with Gasteiger partial charge in [-0.15, -0.1) is 0 Å². The van der Waals surface area contributed by atoms with E-state index in [0.717, 1.165) is 12.8 Å². The molecule has 0 amide bonds. The Kier molecular flexibility index (Phi) is 5.29. The number of carbonyl (C=O) groups excluding carboxylic acids is 2. The molecule has 4 heteroatoms. The Labute approximate surface area is 147 Å². The molecule has 0 aromatic heterocycles. The van der Waals surface area contributed by atoms with Crippen molar-refractivity contribution >= 4 is 11.9 Å². The molecule has 2 aromatic carbocycles. The van der Waals surface area contributed by atoms with E-state index < -0.39 is 5.97 Å². The van der Waals surface area contributed by atoms with Gasteiger partial charge in [0.1, 0.15) is 5.76 Å². The Morgan fingerprint density at radius 3 is 1.96 bits per heavy atom. The van der Waals surface area contributed by atoms with Crippen LogP contribution in [0.1, 0.15) is 33.6 Å². The monoisotopic (exact) mass is 336 g/mol. The maximum absolute atomic E-state index is 12.1. The highest BCUT2D eigenvalue weighted by molar-refractivity contribution is 5.90. The molecule has 0 spiro atoms. The fourth-order valence-electron chi connectivity index (χ4n) is 2.86. The summed E-state index contributed by atoms with van der Waals surface area (Å²) in [5.74, 6) is -0.114. The largest absolute Gasteiger partial charge is 0.462 e. The molecule has 1 aliphatic carbocycles. The van der Waals surface area contributed by atoms with Crippen LogP contribution in [0.4, 0.5) is 0 Å². The van der Waals surface area contributed by atoms with Crippen molar-refractivity contribution < 1.29 is 19.1 Å². The molecule has 2 atom stereocenters. The van der Waals surface area contributed by atoms with E-state index in [-0.39, 0.29) is 17.8 Å². The van der Waals surface area contributed by atoms with Crippen molar-refractivity contribution in [1.29, 1.82) is 0 Å². The Morgan fingerprint density at radius 1 is 0.880 bits per heavy atom. The molecule has 0 heterocycles. The number of hydrogen-bond donors (Lipinski definition) is 0. The van der Waals surface area contributed by atoms with Gasteiger partial charge < -0.3 is 9.47 Å². The van der Waals surface area contributed by atoms with Crippen molar-refractivity contribution in [2.75, 3.05) is 6.61 Å². The average Bonchev–Trinajstić information content (AvgIpc) is 2.62. The molecule has 1 aliphatic rings. The van der Waals surface area contributed by atoms with Gasteiger partial charge in [-0.05, 0) is 37.1 Å². The van der Waals surface area contributed by atoms with Gasteiger partial charge in [0.2, 0.25) is 0 Å². The fourth-order valence-corrected chi connectivity index (χ4v) is 2.86. The second-order valence-electron chi connectivity index (χ2n) is 6.13. The molecule has 0 unspecified atom stereocenters. The summed E-state index contributed by atoms with van der Waals surface area (Å²) in [6.45, 7) is 4.20. The van der Waals surface area contributed by atoms with Crippen LogP contribution in [0.3, 0.4) is 0 Å². The lowest BCUT2D eigenvalue weighted by Crippen LogP contribution is -2.33. The van der Waals surface area contributed by atoms with E-state index in [1.54, 1.807) is 48.5 Å². The molecule has 4 nitrogen and oxygen atoms in total. The van der Waals surface area contributed by atoms with Gasteiger partial charge in [0, 0.05) is 11.8 Å². The Morgan fingerprint density at radius 2 is 1.44 bits per heavy atom. The number of benzene rings is 2. The normalized spacial score (nSPS) is 18.7. The van der Waals surface area contributed by atoms with Crippen molar-refractivity contribution in [2.45, 2.75) is 12.8 Å². The van der Waals surface area contributed by atoms with Gasteiger partial charge in [-0.2, -0.15) is 0 Å². The summed E-state index contributed by atoms with van der Waals surface area (Å²) < 4.78 is 10.8. The third-order valence-corrected chi connectivity index (χ3v) is 4.50. The van der Waals surface area contributed by atoms with Crippen LogP contribution in [0.2, 0.25) is 0 Å². The topological polar surface area (TPSA) is 52.6 Å². The quantitative estimate of drug-likeness (QED) is 0.585. The summed E-state index contributed by atoms with van der Waals surface area (Å²) in [6.07, 6.45) is 1.81. The first-order valence-corrected chi connectivity index (χ1v) is 8.33. The van der Waals surface area contributed by atoms with E-state index in [4.69, 9.17) is 9.47 Å². The van der Waals surface area contributed by atoms with Gasteiger partial charge in [-0.1, -0.05) is 43.0 Å². The van der Waals surface area contributed by atoms with Crippen molar-refractivity contribution in [3.8, 4) is 0 Å². The number of ether oxygens (including phenoxy) is 2. The van der Waals surface area contributed by atoms with Crippen LogP contribution in [0.25, 0.3) is 0 Å². The summed E-state index contributed by atoms with van der Waals surface area (Å²) >= 11 is 0. The molecule has 0 saturated heterocycles. The number of allylic oxidation sites excluding steroid dienone is 1. The molecular weight excluding hydrogens is 316 g/mol. The lowest BCUT2D eigenvalue weighted by Gasteiger charge is -2.36. The highest BCUT2D eigenvalue weighted by atomic mass is 16.5. The predicted octanol–water partition coefficient (Wildman–Crippen LogP) is 4.24. The molecule has 25 heavy (non-hydrogen) atoms. The summed E-state index contributed by atoms with van der Waals surface area (Å²) in [7, 11) is 0. The first kappa shape index (κ1) is 17.0. The van der Waals surface area contributed by atoms with Gasteiger partial charge in [0.15, 0.2) is 0 Å². The summed E-state index contributed by atoms with van der Waals surface area (Å²) in [4.78, 5) is 24.1. The number of carbonyl (C=O) groups is 2. The first-order valence-electron chi connectivity index (χ1n) is 8.33. The van der Waals surface area contributed by atoms with Crippen molar-refractivity contribution in [1.82, 2.24) is 0 Å². The van der Waals surface area contributed by atoms with Gasteiger partial charge in [0.05, 0.1) is 17.7 Å². The Hall–Kier alpha value is -2.88. The van der Waals surface area contributed by atoms with E-state index in [0.29, 0.717) is 23.5 Å². The van der Waals surface area contributed by atoms with Crippen molar-refractivity contribution in [3.05, 3.63) is 84.1 Å². The van der Waals surface area contributed by atoms with Gasteiger partial charge in [-0.25, -0.2) is 9.59 Å². The first-order chi connectivity index (χ1) is 12.1. The van der Waals surface area contributed by atoms with Crippen LogP contribution >= 0.6 is 0 Å². The molecule has 0 radical (unpaired) electrons. The van der Waals surface area contributed by atoms with E-state index in [9.17, 15) is 9.59 Å². The Balaban J connectivity index is 1.49. The van der Waals surface area contributed by atoms with Crippen LogP contribution in [-0.2, 0) is 9.47 Å². The molecule has 0 bridgehead atoms. The van der Waals surface area contributed by atoms with E-state index in [1.165, 1.54) is 0 Å². The standard InChI is InChI=1S/C21H20O4/c1-15(25-21(23)17-10-6-3-7-11-17)19-13-12-18(19)14-24-20(22)16-8-4-2-5-9-16/h2-11,18-19H,1,12-14H2/t18-,19-/m1/s1. The molecule has 1 saturated carbocycles. The SMILES string of the molecule is C=C(OC(=O)c1ccccc1)[C@H]1CC[C@@H]1COC(=O)c1ccccc1. The molecule has 128 valence electrons. The molecule has 0 N–H and O–H groups in total. The lowest BCUT2D eigenvalue weighted by molar-refractivity contribution is 0.0168. The van der Waals surface area contributed by atoms with Crippen LogP contribution < -0.4 is 0 Å². The molecule has 2 aromatic rings. The Bertz CT molecular complexity index is 752. The van der Waals surface area contributed by atoms with E-state index in [1.807, 2.05) is 12.1 Å². The third kappa shape index (κ3) is 4.15. The molecular formula is C21H20O4. The predicted molar refractivity (Wildman–Crippen MR) is 93.9 cm³/mol. The molecule has 3 rings (SSSR count). The highest BCUT2D eigenvalue weighted by Crippen LogP contribution is 2.39. The lowest BCUT2D eigenvalue weighted by atomic mass is 9.73. The van der Waals surface area contributed by atoms with E-state index in [2.05, 4.69) is 6.58 Å². The maximum atomic E-state index is 12.1. The third-order valence-electron chi connectivity index (χ3n) is 4.50. The number of hydrogen-bond acceptors (Lipinski definition) is 4. The fraction of sp³-hybridized carbons (Fsp3) is 0.238. The van der Waals surface area contributed by atoms with Gasteiger partial charge in [0.25, 0.3) is 0 Å². The van der Waals surface area contributed by atoms with Crippen molar-refractivity contribution in [2.24, 2.45) is 11.8 Å². The minimum Gasteiger partial charge on any atom is -0.462 e. The van der Waals surface area contributed by atoms with Crippen LogP contribution in [0.15, 0.2) is 73.0 Å². The average molecular weight is 336 g/mol. The zero-order valence-corrected chi connectivity index (χ0v) is 13.9. The van der Waals surface area contributed by atoms with Gasteiger partial charge >= 0.3 is 11.9 Å². The summed E-state index contributed by atoms with van der Waals surface area (Å²) in [5, 5.41) is 0. The second-order valence-corrected chi connectivity index (χ2v) is 6.13. The molecule has 0 aliphatic heterocycles. The smallest absolute Gasteiger partial charge is 0.343 e. The second kappa shape index (κ2) is 7.79. The number of rotatable bonds is 6. The minimum absolute atomic E-state index is 0.0382. The van der Waals surface area contributed by atoms with E-state index >= 15 is 0 Å². The summed E-state index contributed by atoms with van der Waals surface area (Å²) in [5.41, 5.74) is 1.03. The molecule has 1 fully saturated rings. The summed E-state index contributed by atoms with van der Waals surface area (Å²) in [6, 6.07) is 17.7. The van der Waals surface area contributed by atoms with Crippen LogP contribution in [0.5, 0.6) is 0 Å². The van der Waals surface area contributed by atoms with Crippen molar-refractivity contribution in [3.63, 3.8) is 0 Å². The van der Waals surface area contributed by atoms with Crippen LogP contribution in [0, 0.1) is 11.8 Å². The maximum Gasteiger partial charge on any atom is 0.343 e. The van der Waals surface area contributed by atoms with Crippen LogP contribution in [-0.4, -0.2) is 18.5 Å². The highest BCUT2D eigenvalue weighted by Gasteiger charge is 2.36. The minimum atomic E-state index is -0.405. The van der Waals surface area contributed by atoms with Gasteiger partial charge in [-0.3, -0.25) is 0 Å².